The Labute approximate surface area is 164 Å². The molecule has 0 bridgehead atoms. The molecule has 0 spiro atoms. The third kappa shape index (κ3) is 5.43. The van der Waals surface area contributed by atoms with Gasteiger partial charge in [-0.15, -0.1) is 0 Å². The molecule has 1 saturated heterocycles. The van der Waals surface area contributed by atoms with E-state index in [9.17, 15) is 4.79 Å². The van der Waals surface area contributed by atoms with Crippen molar-refractivity contribution in [2.45, 2.75) is 25.8 Å². The van der Waals surface area contributed by atoms with Gasteiger partial charge >= 0.3 is 6.03 Å². The lowest BCUT2D eigenvalue weighted by Gasteiger charge is -2.27. The first-order chi connectivity index (χ1) is 13.0. The van der Waals surface area contributed by atoms with Gasteiger partial charge in [0, 0.05) is 37.9 Å². The second-order valence-electron chi connectivity index (χ2n) is 6.61. The minimum absolute atomic E-state index is 0.205. The van der Waals surface area contributed by atoms with Crippen molar-refractivity contribution in [3.05, 3.63) is 35.1 Å². The number of aromatic nitrogens is 3. The quantitative estimate of drug-likeness (QED) is 0.817. The van der Waals surface area contributed by atoms with E-state index < -0.39 is 0 Å². The number of rotatable bonds is 5. The van der Waals surface area contributed by atoms with Crippen molar-refractivity contribution in [1.82, 2.24) is 20.3 Å². The van der Waals surface area contributed by atoms with Crippen LogP contribution in [0.5, 0.6) is 0 Å². The first kappa shape index (κ1) is 19.2. The third-order valence-corrected chi connectivity index (χ3v) is 4.42. The van der Waals surface area contributed by atoms with E-state index in [-0.39, 0.29) is 12.6 Å². The van der Waals surface area contributed by atoms with Crippen molar-refractivity contribution < 1.29 is 4.79 Å². The monoisotopic (exact) mass is 389 g/mol. The lowest BCUT2D eigenvalue weighted by molar-refractivity contribution is 0.251. The Morgan fingerprint density at radius 3 is 2.67 bits per heavy atom. The van der Waals surface area contributed by atoms with E-state index in [2.05, 4.69) is 30.5 Å². The summed E-state index contributed by atoms with van der Waals surface area (Å²) in [7, 11) is 3.77. The van der Waals surface area contributed by atoms with E-state index in [0.29, 0.717) is 28.4 Å². The van der Waals surface area contributed by atoms with E-state index in [1.807, 2.05) is 19.0 Å². The molecule has 2 amide bonds. The van der Waals surface area contributed by atoms with E-state index >= 15 is 0 Å². The van der Waals surface area contributed by atoms with Gasteiger partial charge in [0.25, 0.3) is 0 Å². The summed E-state index contributed by atoms with van der Waals surface area (Å²) in [6, 6.07) is 6.64. The van der Waals surface area contributed by atoms with Crippen LogP contribution < -0.4 is 20.4 Å². The summed E-state index contributed by atoms with van der Waals surface area (Å²) in [6.45, 7) is 2.09. The minimum atomic E-state index is -0.344. The maximum atomic E-state index is 12.1. The summed E-state index contributed by atoms with van der Waals surface area (Å²) in [4.78, 5) is 29.7. The highest BCUT2D eigenvalue weighted by Crippen LogP contribution is 2.18. The Balaban J connectivity index is 1.67. The van der Waals surface area contributed by atoms with Gasteiger partial charge in [-0.1, -0.05) is 17.7 Å². The molecule has 2 heterocycles. The summed E-state index contributed by atoms with van der Waals surface area (Å²) in [5.41, 5.74) is 0.624. The van der Waals surface area contributed by atoms with Crippen molar-refractivity contribution in [1.29, 1.82) is 0 Å². The number of urea groups is 1. The highest BCUT2D eigenvalue weighted by Gasteiger charge is 2.17. The molecule has 1 aromatic heterocycles. The second kappa shape index (κ2) is 8.85. The fourth-order valence-electron chi connectivity index (χ4n) is 2.81. The molecule has 1 aliphatic heterocycles. The number of nitrogens with zero attached hydrogens (tertiary/aromatic N) is 5. The smallest absolute Gasteiger partial charge is 0.319 e. The Morgan fingerprint density at radius 2 is 1.96 bits per heavy atom. The minimum Gasteiger partial charge on any atom is -0.347 e. The molecule has 3 rings (SSSR count). The van der Waals surface area contributed by atoms with Crippen LogP contribution in [0.4, 0.5) is 22.4 Å². The maximum absolute atomic E-state index is 12.1. The van der Waals surface area contributed by atoms with E-state index in [0.717, 1.165) is 25.9 Å². The van der Waals surface area contributed by atoms with Crippen LogP contribution in [0, 0.1) is 0 Å². The molecule has 144 valence electrons. The predicted octanol–water partition coefficient (Wildman–Crippen LogP) is 2.90. The van der Waals surface area contributed by atoms with Crippen molar-refractivity contribution in [3.63, 3.8) is 0 Å². The zero-order valence-corrected chi connectivity index (χ0v) is 16.3. The van der Waals surface area contributed by atoms with Gasteiger partial charge in [-0.2, -0.15) is 15.0 Å². The van der Waals surface area contributed by atoms with Gasteiger partial charge in [0.1, 0.15) is 0 Å². The van der Waals surface area contributed by atoms with Crippen LogP contribution in [0.25, 0.3) is 0 Å². The fraction of sp³-hybridized carbons (Fsp3) is 0.444. The zero-order chi connectivity index (χ0) is 19.2. The van der Waals surface area contributed by atoms with E-state index in [1.165, 1.54) is 6.42 Å². The predicted molar refractivity (Wildman–Crippen MR) is 108 cm³/mol. The lowest BCUT2D eigenvalue weighted by Crippen LogP contribution is -2.33. The Hall–Kier alpha value is -2.61. The number of benzene rings is 1. The summed E-state index contributed by atoms with van der Waals surface area (Å²) in [5, 5.41) is 6.08. The van der Waals surface area contributed by atoms with Gasteiger partial charge in [0.05, 0.1) is 6.54 Å². The number of amides is 2. The van der Waals surface area contributed by atoms with Gasteiger partial charge in [-0.3, -0.25) is 0 Å². The normalized spacial score (nSPS) is 14.0. The average Bonchev–Trinajstić information content (AvgIpc) is 2.67. The molecule has 1 aromatic carbocycles. The highest BCUT2D eigenvalue weighted by molar-refractivity contribution is 6.30. The number of anilines is 3. The number of piperidine rings is 1. The van der Waals surface area contributed by atoms with Crippen molar-refractivity contribution in [2.24, 2.45) is 0 Å². The number of halogens is 1. The van der Waals surface area contributed by atoms with Crippen LogP contribution in [0.2, 0.25) is 5.02 Å². The second-order valence-corrected chi connectivity index (χ2v) is 7.05. The molecule has 0 atom stereocenters. The average molecular weight is 390 g/mol. The number of carbonyl (C=O) groups excluding carboxylic acids is 1. The van der Waals surface area contributed by atoms with Crippen LogP contribution in [-0.4, -0.2) is 48.2 Å². The molecule has 2 aromatic rings. The fourth-order valence-corrected chi connectivity index (χ4v) is 3.00. The van der Waals surface area contributed by atoms with Crippen LogP contribution in [-0.2, 0) is 6.54 Å². The van der Waals surface area contributed by atoms with E-state index in [4.69, 9.17) is 11.6 Å². The molecular formula is C18H24ClN7O. The first-order valence-corrected chi connectivity index (χ1v) is 9.37. The lowest BCUT2D eigenvalue weighted by atomic mass is 10.1. The molecule has 0 aliphatic carbocycles. The topological polar surface area (TPSA) is 86.3 Å². The molecular weight excluding hydrogens is 366 g/mol. The van der Waals surface area contributed by atoms with Gasteiger partial charge in [0.15, 0.2) is 5.82 Å². The molecule has 0 radical (unpaired) electrons. The summed E-state index contributed by atoms with van der Waals surface area (Å²) < 4.78 is 0. The molecule has 1 fully saturated rings. The number of hydrogen-bond donors (Lipinski definition) is 2. The summed E-state index contributed by atoms with van der Waals surface area (Å²) in [6.07, 6.45) is 3.51. The Bertz CT molecular complexity index is 793. The Morgan fingerprint density at radius 1 is 1.19 bits per heavy atom. The van der Waals surface area contributed by atoms with Crippen LogP contribution in [0.3, 0.4) is 0 Å². The largest absolute Gasteiger partial charge is 0.347 e. The van der Waals surface area contributed by atoms with Crippen molar-refractivity contribution >= 4 is 35.2 Å². The molecule has 0 saturated carbocycles. The van der Waals surface area contributed by atoms with Crippen LogP contribution >= 0.6 is 11.6 Å². The highest BCUT2D eigenvalue weighted by atomic mass is 35.5. The molecule has 9 heteroatoms. The first-order valence-electron chi connectivity index (χ1n) is 8.99. The maximum Gasteiger partial charge on any atom is 0.319 e. The third-order valence-electron chi connectivity index (χ3n) is 4.19. The summed E-state index contributed by atoms with van der Waals surface area (Å²) >= 11 is 5.93. The molecule has 2 N–H and O–H groups in total. The van der Waals surface area contributed by atoms with Gasteiger partial charge in [-0.05, 0) is 37.5 Å². The van der Waals surface area contributed by atoms with E-state index in [1.54, 1.807) is 24.3 Å². The van der Waals surface area contributed by atoms with Crippen LogP contribution in [0.1, 0.15) is 25.1 Å². The SMILES string of the molecule is CN(C)c1nc(CNC(=O)Nc2cccc(Cl)c2)nc(N2CCCCC2)n1. The van der Waals surface area contributed by atoms with Crippen molar-refractivity contribution in [2.75, 3.05) is 42.3 Å². The Kier molecular flexibility index (Phi) is 6.28. The van der Waals surface area contributed by atoms with Gasteiger partial charge in [-0.25, -0.2) is 4.79 Å². The zero-order valence-electron chi connectivity index (χ0n) is 15.6. The molecule has 0 unspecified atom stereocenters. The standard InChI is InChI=1S/C18H24ClN7O/c1-25(2)16-22-15(23-17(24-16)26-9-4-3-5-10-26)12-20-18(27)21-14-8-6-7-13(19)11-14/h6-8,11H,3-5,9-10,12H2,1-2H3,(H2,20,21,27). The number of nitrogens with one attached hydrogen (secondary N) is 2. The molecule has 8 nitrogen and oxygen atoms in total. The molecule has 27 heavy (non-hydrogen) atoms. The van der Waals surface area contributed by atoms with Crippen LogP contribution in [0.15, 0.2) is 24.3 Å². The van der Waals surface area contributed by atoms with Gasteiger partial charge < -0.3 is 20.4 Å². The van der Waals surface area contributed by atoms with Crippen molar-refractivity contribution in [3.8, 4) is 0 Å². The number of hydrogen-bond acceptors (Lipinski definition) is 6. The number of carbonyl (C=O) groups is 1. The molecule has 1 aliphatic rings. The van der Waals surface area contributed by atoms with Gasteiger partial charge in [0.2, 0.25) is 11.9 Å². The summed E-state index contributed by atoms with van der Waals surface area (Å²) in [5.74, 6) is 1.77.